The van der Waals surface area contributed by atoms with Crippen LogP contribution in [0, 0.1) is 0 Å². The highest BCUT2D eigenvalue weighted by Crippen LogP contribution is 2.28. The van der Waals surface area contributed by atoms with Crippen LogP contribution in [-0.2, 0) is 25.9 Å². The van der Waals surface area contributed by atoms with Gasteiger partial charge in [0.25, 0.3) is 22.2 Å². The molecule has 210 valence electrons. The third-order valence-corrected chi connectivity index (χ3v) is 20.9. The molecule has 0 aliphatic carbocycles. The standard InChI is InChI=1S/C25H42N2O7Si4/c1-10-11-14-36(5,6)33-38(9,32-35(3)4)34-37(7,8)15-12-13-27-24(30)20-16-18-19(17-21(20)25(27)31)23(29)26(2)22(18)28/h16-17,35H,10-15H2,1-9H3. The molecule has 3 rings (SSSR count). The summed E-state index contributed by atoms with van der Waals surface area (Å²) < 4.78 is 22.1. The van der Waals surface area contributed by atoms with Gasteiger partial charge < -0.3 is 12.3 Å². The van der Waals surface area contributed by atoms with E-state index in [0.717, 1.165) is 29.5 Å². The van der Waals surface area contributed by atoms with Crippen LogP contribution in [0.25, 0.3) is 21.5 Å². The van der Waals surface area contributed by atoms with E-state index in [1.54, 1.807) is 0 Å². The number of hydrogen-bond acceptors (Lipinski definition) is 7. The van der Waals surface area contributed by atoms with Gasteiger partial charge in [-0.1, -0.05) is 19.8 Å². The minimum atomic E-state index is -2.85. The van der Waals surface area contributed by atoms with Gasteiger partial charge in [-0.3, -0.25) is 28.3 Å². The molecular formula is C25H42N2O7Si4. The second-order valence-electron chi connectivity index (χ2n) is 11.8. The van der Waals surface area contributed by atoms with Crippen LogP contribution in [-0.4, -0.2) is 43.6 Å². The summed E-state index contributed by atoms with van der Waals surface area (Å²) in [7, 11) is -7.08. The van der Waals surface area contributed by atoms with Gasteiger partial charge in [0, 0.05) is 20.1 Å². The predicted molar refractivity (Wildman–Crippen MR) is 164 cm³/mol. The highest BCUT2D eigenvalue weighted by molar-refractivity contribution is 6.87. The zero-order valence-corrected chi connectivity index (χ0v) is 28.4. The van der Waals surface area contributed by atoms with Gasteiger partial charge in [0.1, 0.15) is 0 Å². The van der Waals surface area contributed by atoms with E-state index < -0.39 is 56.7 Å². The van der Waals surface area contributed by atoms with E-state index in [-0.39, 0.29) is 28.1 Å². The second-order valence-corrected chi connectivity index (χ2v) is 26.3. The van der Waals surface area contributed by atoms with Crippen LogP contribution in [0.5, 0.6) is 0 Å². The first kappa shape index (κ1) is 30.8. The molecule has 0 saturated carbocycles. The molecule has 9 nitrogen and oxygen atoms in total. The number of rotatable bonds is 13. The fourth-order valence-corrected chi connectivity index (χ4v) is 21.5. The van der Waals surface area contributed by atoms with Crippen molar-refractivity contribution in [3.63, 3.8) is 0 Å². The fraction of sp³-hybridized carbons (Fsp3) is 0.600. The predicted octanol–water partition coefficient (Wildman–Crippen LogP) is 3.65. The van der Waals surface area contributed by atoms with Crippen molar-refractivity contribution < 1.29 is 12.3 Å². The number of aromatic nitrogens is 2. The third-order valence-electron chi connectivity index (χ3n) is 6.85. The van der Waals surface area contributed by atoms with Gasteiger partial charge in [0.15, 0.2) is 25.7 Å². The molecule has 0 bridgehead atoms. The molecule has 3 aromatic rings. The highest BCUT2D eigenvalue weighted by atomic mass is 28.5. The van der Waals surface area contributed by atoms with Gasteiger partial charge in [0.05, 0.1) is 21.5 Å². The molecular weight excluding hydrogens is 553 g/mol. The number of hydrogen-bond donors (Lipinski definition) is 0. The SMILES string of the molecule is CCCC[Si](C)(C)O[Si](C)(O[SiH](C)C)O[Si](C)(C)CCCn1c(=O)c2cc3c(=O)n(C)c(=O)c3cc2c1=O. The Morgan fingerprint density at radius 2 is 1.16 bits per heavy atom. The van der Waals surface area contributed by atoms with E-state index in [9.17, 15) is 19.2 Å². The number of unbranched alkanes of at least 4 members (excludes halogenated alkanes) is 1. The summed E-state index contributed by atoms with van der Waals surface area (Å²) >= 11 is 0. The lowest BCUT2D eigenvalue weighted by atomic mass is 10.1. The summed E-state index contributed by atoms with van der Waals surface area (Å²) in [5.74, 6) is 0. The zero-order chi connectivity index (χ0) is 28.6. The quantitative estimate of drug-likeness (QED) is 0.278. The maximum Gasteiger partial charge on any atom is 0.466 e. The summed E-state index contributed by atoms with van der Waals surface area (Å²) in [6.45, 7) is 17.4. The highest BCUT2D eigenvalue weighted by Gasteiger charge is 2.45. The van der Waals surface area contributed by atoms with Crippen molar-refractivity contribution in [3.8, 4) is 0 Å². The molecule has 0 aliphatic rings. The van der Waals surface area contributed by atoms with Crippen molar-refractivity contribution in [1.29, 1.82) is 0 Å². The Bertz CT molecular complexity index is 1440. The summed E-state index contributed by atoms with van der Waals surface area (Å²) in [6.07, 6.45) is 2.85. The Morgan fingerprint density at radius 1 is 0.737 bits per heavy atom. The van der Waals surface area contributed by atoms with E-state index in [0.29, 0.717) is 6.42 Å². The molecule has 38 heavy (non-hydrogen) atoms. The summed E-state index contributed by atoms with van der Waals surface area (Å²) in [5.41, 5.74) is -1.77. The Labute approximate surface area is 228 Å². The Kier molecular flexibility index (Phi) is 9.23. The van der Waals surface area contributed by atoms with Gasteiger partial charge in [-0.05, 0) is 69.9 Å². The molecule has 0 saturated heterocycles. The minimum absolute atomic E-state index is 0.171. The molecule has 1 aromatic carbocycles. The van der Waals surface area contributed by atoms with Crippen LogP contribution in [0.3, 0.4) is 0 Å². The van der Waals surface area contributed by atoms with E-state index in [2.05, 4.69) is 46.2 Å². The van der Waals surface area contributed by atoms with Gasteiger partial charge in [-0.2, -0.15) is 0 Å². The largest absolute Gasteiger partial charge is 0.466 e. The van der Waals surface area contributed by atoms with Crippen LogP contribution in [0.15, 0.2) is 31.3 Å². The van der Waals surface area contributed by atoms with Gasteiger partial charge >= 0.3 is 8.80 Å². The summed E-state index contributed by atoms with van der Waals surface area (Å²) in [6, 6.07) is 4.58. The van der Waals surface area contributed by atoms with Gasteiger partial charge in [0.2, 0.25) is 0 Å². The Morgan fingerprint density at radius 3 is 1.58 bits per heavy atom. The van der Waals surface area contributed by atoms with E-state index >= 15 is 0 Å². The summed E-state index contributed by atoms with van der Waals surface area (Å²) in [5, 5.41) is 0.705. The smallest absolute Gasteiger partial charge is 0.420 e. The number of fused-ring (bicyclic) bond motifs is 2. The van der Waals surface area contributed by atoms with Gasteiger partial charge in [-0.25, -0.2) is 0 Å². The average molecular weight is 595 g/mol. The maximum atomic E-state index is 13.1. The zero-order valence-electron chi connectivity index (χ0n) is 24.2. The molecule has 2 aromatic heterocycles. The first-order valence-corrected chi connectivity index (χ1v) is 24.7. The van der Waals surface area contributed by atoms with Crippen LogP contribution in [0.4, 0.5) is 0 Å². The topological polar surface area (TPSA) is 106 Å². The lowest BCUT2D eigenvalue weighted by molar-refractivity contribution is 0.264. The van der Waals surface area contributed by atoms with Crippen molar-refractivity contribution >= 4 is 56.0 Å². The number of nitrogens with zero attached hydrogens (tertiary/aromatic N) is 2. The molecule has 0 aliphatic heterocycles. The molecule has 1 unspecified atom stereocenters. The molecule has 0 fully saturated rings. The molecule has 0 radical (unpaired) electrons. The lowest BCUT2D eigenvalue weighted by Crippen LogP contribution is -2.57. The second kappa shape index (κ2) is 11.4. The van der Waals surface area contributed by atoms with E-state index in [1.807, 2.05) is 6.55 Å². The molecule has 0 amide bonds. The van der Waals surface area contributed by atoms with Crippen LogP contribution in [0.2, 0.25) is 57.9 Å². The Hall–Kier alpha value is -1.75. The minimum Gasteiger partial charge on any atom is -0.420 e. The Balaban J connectivity index is 1.79. The van der Waals surface area contributed by atoms with Crippen LogP contribution >= 0.6 is 0 Å². The fourth-order valence-electron chi connectivity index (χ4n) is 5.22. The molecule has 13 heteroatoms. The van der Waals surface area contributed by atoms with Crippen molar-refractivity contribution in [2.45, 2.75) is 90.6 Å². The van der Waals surface area contributed by atoms with Crippen molar-refractivity contribution in [2.75, 3.05) is 0 Å². The van der Waals surface area contributed by atoms with E-state index in [1.165, 1.54) is 23.7 Å². The van der Waals surface area contributed by atoms with Gasteiger partial charge in [-0.15, -0.1) is 0 Å². The van der Waals surface area contributed by atoms with Crippen molar-refractivity contribution in [1.82, 2.24) is 9.13 Å². The van der Waals surface area contributed by atoms with Crippen molar-refractivity contribution in [2.24, 2.45) is 7.05 Å². The normalized spacial score (nSPS) is 14.7. The van der Waals surface area contributed by atoms with Crippen molar-refractivity contribution in [3.05, 3.63) is 53.5 Å². The monoisotopic (exact) mass is 594 g/mol. The maximum absolute atomic E-state index is 13.1. The lowest BCUT2D eigenvalue weighted by Gasteiger charge is -2.40. The molecule has 1 atom stereocenters. The van der Waals surface area contributed by atoms with E-state index in [4.69, 9.17) is 12.3 Å². The molecule has 0 spiro atoms. The van der Waals surface area contributed by atoms with Crippen LogP contribution in [0.1, 0.15) is 26.2 Å². The summed E-state index contributed by atoms with van der Waals surface area (Å²) in [4.78, 5) is 50.9. The third kappa shape index (κ3) is 6.69. The molecule has 0 N–H and O–H groups in total. The average Bonchev–Trinajstić information content (AvgIpc) is 3.14. The van der Waals surface area contributed by atoms with Crippen LogP contribution < -0.4 is 22.2 Å². The first-order valence-electron chi connectivity index (χ1n) is 13.5. The number of benzene rings is 1. The first-order chi connectivity index (χ1) is 17.5. The molecule has 2 heterocycles.